The van der Waals surface area contributed by atoms with Gasteiger partial charge in [0, 0.05) is 22.8 Å². The summed E-state index contributed by atoms with van der Waals surface area (Å²) in [4.78, 5) is 9.33. The summed E-state index contributed by atoms with van der Waals surface area (Å²) < 4.78 is 6.39. The molecule has 3 nitrogen and oxygen atoms in total. The second-order valence-electron chi connectivity index (χ2n) is 11.3. The maximum atomic E-state index is 6.39. The van der Waals surface area contributed by atoms with Gasteiger partial charge in [0.1, 0.15) is 11.3 Å². The van der Waals surface area contributed by atoms with Gasteiger partial charge in [-0.25, -0.2) is 4.98 Å². The van der Waals surface area contributed by atoms with Crippen LogP contribution in [0.15, 0.2) is 108 Å². The van der Waals surface area contributed by atoms with Crippen molar-refractivity contribution in [1.29, 1.82) is 0 Å². The molecule has 192 valence electrons. The molecule has 6 rings (SSSR count). The Morgan fingerprint density at radius 1 is 0.641 bits per heavy atom. The van der Waals surface area contributed by atoms with E-state index in [1.807, 2.05) is 37.4 Å². The van der Waals surface area contributed by atoms with Crippen LogP contribution < -0.4 is 0 Å². The highest BCUT2D eigenvalue weighted by Crippen LogP contribution is 2.40. The molecule has 0 fully saturated rings. The van der Waals surface area contributed by atoms with Crippen LogP contribution in [-0.2, 0) is 5.41 Å². The molecule has 0 unspecified atom stereocenters. The van der Waals surface area contributed by atoms with Gasteiger partial charge in [-0.2, -0.15) is 0 Å². The van der Waals surface area contributed by atoms with E-state index >= 15 is 0 Å². The van der Waals surface area contributed by atoms with E-state index in [9.17, 15) is 0 Å². The number of hydrogen-bond donors (Lipinski definition) is 0. The second kappa shape index (κ2) is 9.67. The van der Waals surface area contributed by atoms with E-state index in [0.29, 0.717) is 0 Å². The monoisotopic (exact) mass is 508 g/mol. The molecule has 3 heteroatoms. The average molecular weight is 509 g/mol. The van der Waals surface area contributed by atoms with Crippen LogP contribution in [0, 0.1) is 13.8 Å². The number of fused-ring (bicyclic) bond motifs is 1. The molecule has 3 aromatic heterocycles. The van der Waals surface area contributed by atoms with Crippen molar-refractivity contribution in [2.24, 2.45) is 0 Å². The third kappa shape index (κ3) is 5.00. The van der Waals surface area contributed by atoms with E-state index in [2.05, 4.69) is 105 Å². The van der Waals surface area contributed by atoms with E-state index < -0.39 is 0 Å². The number of rotatable bonds is 4. The lowest BCUT2D eigenvalue weighted by Gasteiger charge is -2.20. The number of benzene rings is 3. The van der Waals surface area contributed by atoms with E-state index in [0.717, 1.165) is 56.1 Å². The summed E-state index contributed by atoms with van der Waals surface area (Å²) in [6.45, 7) is 10.9. The Morgan fingerprint density at radius 2 is 1.36 bits per heavy atom. The highest BCUT2D eigenvalue weighted by molar-refractivity contribution is 5.96. The van der Waals surface area contributed by atoms with Crippen LogP contribution in [0.1, 0.15) is 37.6 Å². The van der Waals surface area contributed by atoms with Crippen LogP contribution in [0.5, 0.6) is 0 Å². The molecule has 0 aliphatic heterocycles. The van der Waals surface area contributed by atoms with Crippen LogP contribution in [0.25, 0.3) is 55.9 Å². The maximum Gasteiger partial charge on any atom is 0.153 e. The van der Waals surface area contributed by atoms with Crippen LogP contribution >= 0.6 is 0 Å². The maximum absolute atomic E-state index is 6.39. The highest BCUT2D eigenvalue weighted by Gasteiger charge is 2.18. The zero-order chi connectivity index (χ0) is 27.1. The van der Waals surface area contributed by atoms with E-state index in [1.165, 1.54) is 16.7 Å². The van der Waals surface area contributed by atoms with Crippen molar-refractivity contribution in [2.75, 3.05) is 0 Å². The topological polar surface area (TPSA) is 38.9 Å². The molecule has 6 aromatic rings. The minimum atomic E-state index is 0.0473. The zero-order valence-electron chi connectivity index (χ0n) is 23.1. The molecular weight excluding hydrogens is 476 g/mol. The molecule has 3 aromatic carbocycles. The van der Waals surface area contributed by atoms with Crippen molar-refractivity contribution in [3.8, 4) is 45.0 Å². The highest BCUT2D eigenvalue weighted by atomic mass is 16.3. The Hall–Kier alpha value is -4.50. The second-order valence-corrected chi connectivity index (χ2v) is 11.3. The van der Waals surface area contributed by atoms with Crippen molar-refractivity contribution in [3.05, 3.63) is 120 Å². The first-order chi connectivity index (χ1) is 18.7. The molecule has 0 aliphatic rings. The largest absolute Gasteiger partial charge is 0.454 e. The fourth-order valence-electron chi connectivity index (χ4n) is 5.06. The molecular formula is C36H32N2O. The normalized spacial score (nSPS) is 11.7. The van der Waals surface area contributed by atoms with Gasteiger partial charge in [-0.15, -0.1) is 0 Å². The van der Waals surface area contributed by atoms with Crippen LogP contribution in [0.3, 0.4) is 0 Å². The van der Waals surface area contributed by atoms with Crippen LogP contribution in [-0.4, -0.2) is 9.97 Å². The minimum absolute atomic E-state index is 0.0473. The lowest BCUT2D eigenvalue weighted by Crippen LogP contribution is -2.10. The molecule has 39 heavy (non-hydrogen) atoms. The predicted octanol–water partition coefficient (Wildman–Crippen LogP) is 9.81. The van der Waals surface area contributed by atoms with E-state index in [4.69, 9.17) is 9.40 Å². The summed E-state index contributed by atoms with van der Waals surface area (Å²) in [6, 6.07) is 34.2. The van der Waals surface area contributed by atoms with Gasteiger partial charge in [0.2, 0.25) is 0 Å². The number of furan rings is 1. The Morgan fingerprint density at radius 3 is 2.13 bits per heavy atom. The van der Waals surface area contributed by atoms with Gasteiger partial charge in [0.05, 0.1) is 5.69 Å². The molecule has 0 saturated heterocycles. The van der Waals surface area contributed by atoms with Crippen molar-refractivity contribution in [2.45, 2.75) is 40.0 Å². The van der Waals surface area contributed by atoms with E-state index in [-0.39, 0.29) is 5.41 Å². The molecule has 0 aliphatic carbocycles. The van der Waals surface area contributed by atoms with Gasteiger partial charge in [-0.05, 0) is 101 Å². The Balaban J connectivity index is 1.57. The van der Waals surface area contributed by atoms with Gasteiger partial charge in [-0.1, -0.05) is 69.3 Å². The molecule has 0 amide bonds. The SMILES string of the molecule is Cc1ccnc(-c2cccc(-c3cc4cc(-c5cccc(C)n5)oc4cc3-c3cccc(C(C)(C)C)c3)c2)c1. The third-order valence-electron chi connectivity index (χ3n) is 7.22. The van der Waals surface area contributed by atoms with Gasteiger partial charge in [-0.3, -0.25) is 4.98 Å². The first-order valence-corrected chi connectivity index (χ1v) is 13.4. The van der Waals surface area contributed by atoms with Crippen molar-refractivity contribution in [3.63, 3.8) is 0 Å². The van der Waals surface area contributed by atoms with Gasteiger partial charge in [0.15, 0.2) is 5.76 Å². The lowest BCUT2D eigenvalue weighted by molar-refractivity contribution is 0.590. The summed E-state index contributed by atoms with van der Waals surface area (Å²) >= 11 is 0. The third-order valence-corrected chi connectivity index (χ3v) is 7.22. The van der Waals surface area contributed by atoms with Gasteiger partial charge >= 0.3 is 0 Å². The zero-order valence-corrected chi connectivity index (χ0v) is 23.1. The minimum Gasteiger partial charge on any atom is -0.454 e. The summed E-state index contributed by atoms with van der Waals surface area (Å²) in [5.41, 5.74) is 11.9. The molecule has 0 bridgehead atoms. The van der Waals surface area contributed by atoms with Crippen molar-refractivity contribution >= 4 is 11.0 Å². The molecule has 0 N–H and O–H groups in total. The number of pyridine rings is 2. The molecule has 0 saturated carbocycles. The van der Waals surface area contributed by atoms with E-state index in [1.54, 1.807) is 0 Å². The smallest absolute Gasteiger partial charge is 0.153 e. The Kier molecular flexibility index (Phi) is 6.15. The molecule has 0 radical (unpaired) electrons. The van der Waals surface area contributed by atoms with Gasteiger partial charge in [0.25, 0.3) is 0 Å². The Bertz CT molecular complexity index is 1820. The summed E-state index contributed by atoms with van der Waals surface area (Å²) in [5, 5.41) is 1.05. The molecule has 3 heterocycles. The van der Waals surface area contributed by atoms with Crippen LogP contribution in [0.2, 0.25) is 0 Å². The van der Waals surface area contributed by atoms with Gasteiger partial charge < -0.3 is 4.42 Å². The number of aryl methyl sites for hydroxylation is 2. The number of nitrogens with zero attached hydrogens (tertiary/aromatic N) is 2. The van der Waals surface area contributed by atoms with Crippen LogP contribution in [0.4, 0.5) is 0 Å². The predicted molar refractivity (Wildman–Crippen MR) is 162 cm³/mol. The number of aromatic nitrogens is 2. The molecule has 0 spiro atoms. The Labute approximate surface area is 230 Å². The standard InChI is InChI=1S/C36H32N2O/c1-23-15-16-37-33(17-23)27-12-7-10-25(18-27)30-20-28-21-35(32-14-6-9-24(2)38-32)39-34(28)22-31(30)26-11-8-13-29(19-26)36(3,4)5/h6-22H,1-5H3. The summed E-state index contributed by atoms with van der Waals surface area (Å²) in [5.74, 6) is 0.776. The quantitative estimate of drug-likeness (QED) is 0.238. The summed E-state index contributed by atoms with van der Waals surface area (Å²) in [7, 11) is 0. The molecule has 0 atom stereocenters. The first-order valence-electron chi connectivity index (χ1n) is 13.4. The van der Waals surface area contributed by atoms with Crippen molar-refractivity contribution in [1.82, 2.24) is 9.97 Å². The fraction of sp³-hybridized carbons (Fsp3) is 0.167. The first kappa shape index (κ1) is 24.8. The fourth-order valence-corrected chi connectivity index (χ4v) is 5.06. The lowest BCUT2D eigenvalue weighted by atomic mass is 9.84. The average Bonchev–Trinajstić information content (AvgIpc) is 3.35. The summed E-state index contributed by atoms with van der Waals surface area (Å²) in [6.07, 6.45) is 1.87. The number of hydrogen-bond acceptors (Lipinski definition) is 3. The van der Waals surface area contributed by atoms with Crippen molar-refractivity contribution < 1.29 is 4.42 Å².